The molecule has 0 N–H and O–H groups in total. The average molecular weight is 237 g/mol. The molecule has 0 saturated carbocycles. The Morgan fingerprint density at radius 1 is 1.35 bits per heavy atom. The van der Waals surface area contributed by atoms with E-state index in [1.54, 1.807) is 17.0 Å². The monoisotopic (exact) mass is 237 g/mol. The summed E-state index contributed by atoms with van der Waals surface area (Å²) in [7, 11) is 0. The Morgan fingerprint density at radius 2 is 2.00 bits per heavy atom. The molecule has 1 aromatic carbocycles. The number of halogens is 1. The van der Waals surface area contributed by atoms with Gasteiger partial charge < -0.3 is 9.64 Å². The van der Waals surface area contributed by atoms with E-state index in [4.69, 9.17) is 4.74 Å². The Bertz CT molecular complexity index is 412. The van der Waals surface area contributed by atoms with Crippen LogP contribution >= 0.6 is 0 Å². The second kappa shape index (κ2) is 4.84. The summed E-state index contributed by atoms with van der Waals surface area (Å²) < 4.78 is 18.6. The molecular formula is C13H16FNO2. The molecule has 2 rings (SSSR count). The van der Waals surface area contributed by atoms with E-state index in [2.05, 4.69) is 0 Å². The zero-order chi connectivity index (χ0) is 12.4. The lowest BCUT2D eigenvalue weighted by molar-refractivity contribution is -0.0586. The molecule has 0 unspecified atom stereocenters. The summed E-state index contributed by atoms with van der Waals surface area (Å²) in [6, 6.07) is 5.79. The average Bonchev–Trinajstić information content (AvgIpc) is 2.26. The molecule has 3 nitrogen and oxygen atoms in total. The molecule has 0 spiro atoms. The first-order valence-corrected chi connectivity index (χ1v) is 5.76. The zero-order valence-electron chi connectivity index (χ0n) is 10.0. The Balaban J connectivity index is 2.14. The van der Waals surface area contributed by atoms with Crippen LogP contribution in [0.25, 0.3) is 0 Å². The second-order valence-electron chi connectivity index (χ2n) is 4.48. The highest BCUT2D eigenvalue weighted by Crippen LogP contribution is 2.14. The van der Waals surface area contributed by atoms with Gasteiger partial charge in [0.05, 0.1) is 12.2 Å². The maximum Gasteiger partial charge on any atom is 0.254 e. The SMILES string of the molecule is C[C@@H]1CN(C(=O)c2cccc(F)c2)C[C@H](C)O1. The van der Waals surface area contributed by atoms with Crippen molar-refractivity contribution in [2.75, 3.05) is 13.1 Å². The molecular weight excluding hydrogens is 221 g/mol. The quantitative estimate of drug-likeness (QED) is 0.748. The molecule has 4 heteroatoms. The van der Waals surface area contributed by atoms with Crippen molar-refractivity contribution in [2.45, 2.75) is 26.1 Å². The van der Waals surface area contributed by atoms with Crippen molar-refractivity contribution in [3.05, 3.63) is 35.6 Å². The third kappa shape index (κ3) is 2.82. The minimum atomic E-state index is -0.384. The van der Waals surface area contributed by atoms with Crippen molar-refractivity contribution in [1.29, 1.82) is 0 Å². The van der Waals surface area contributed by atoms with Gasteiger partial charge in [-0.2, -0.15) is 0 Å². The second-order valence-corrected chi connectivity index (χ2v) is 4.48. The number of hydrogen-bond donors (Lipinski definition) is 0. The summed E-state index contributed by atoms with van der Waals surface area (Å²) in [5, 5.41) is 0. The summed E-state index contributed by atoms with van der Waals surface area (Å²) in [5.41, 5.74) is 0.395. The van der Waals surface area contributed by atoms with E-state index in [1.807, 2.05) is 13.8 Å². The molecule has 0 bridgehead atoms. The van der Waals surface area contributed by atoms with Crippen LogP contribution in [0.5, 0.6) is 0 Å². The highest BCUT2D eigenvalue weighted by molar-refractivity contribution is 5.94. The fourth-order valence-electron chi connectivity index (χ4n) is 2.15. The molecule has 1 aliphatic heterocycles. The molecule has 1 heterocycles. The first-order chi connectivity index (χ1) is 8.06. The van der Waals surface area contributed by atoms with E-state index in [0.717, 1.165) is 0 Å². The van der Waals surface area contributed by atoms with Gasteiger partial charge >= 0.3 is 0 Å². The van der Waals surface area contributed by atoms with Crippen LogP contribution in [0, 0.1) is 5.82 Å². The maximum atomic E-state index is 13.1. The molecule has 1 saturated heterocycles. The number of benzene rings is 1. The van der Waals surface area contributed by atoms with Gasteiger partial charge in [0.25, 0.3) is 5.91 Å². The summed E-state index contributed by atoms with van der Waals surface area (Å²) >= 11 is 0. The summed E-state index contributed by atoms with van der Waals surface area (Å²) in [4.78, 5) is 13.9. The third-order valence-corrected chi connectivity index (χ3v) is 2.78. The lowest BCUT2D eigenvalue weighted by atomic mass is 10.1. The Labute approximate surface area is 100 Å². The van der Waals surface area contributed by atoms with Gasteiger partial charge in [0.15, 0.2) is 0 Å². The van der Waals surface area contributed by atoms with Crippen molar-refractivity contribution in [3.8, 4) is 0 Å². The number of carbonyl (C=O) groups is 1. The lowest BCUT2D eigenvalue weighted by Gasteiger charge is -2.35. The summed E-state index contributed by atoms with van der Waals surface area (Å²) in [5.74, 6) is -0.517. The van der Waals surface area contributed by atoms with Crippen LogP contribution in [-0.2, 0) is 4.74 Å². The van der Waals surface area contributed by atoms with Crippen LogP contribution < -0.4 is 0 Å². The van der Waals surface area contributed by atoms with Crippen LogP contribution in [0.4, 0.5) is 4.39 Å². The molecule has 1 fully saturated rings. The Morgan fingerprint density at radius 3 is 2.59 bits per heavy atom. The van der Waals surface area contributed by atoms with E-state index in [-0.39, 0.29) is 23.9 Å². The molecule has 0 aromatic heterocycles. The number of amides is 1. The highest BCUT2D eigenvalue weighted by Gasteiger charge is 2.26. The highest BCUT2D eigenvalue weighted by atomic mass is 19.1. The van der Waals surface area contributed by atoms with Gasteiger partial charge in [0.2, 0.25) is 0 Å². The molecule has 1 aromatic rings. The zero-order valence-corrected chi connectivity index (χ0v) is 10.0. The topological polar surface area (TPSA) is 29.5 Å². The van der Waals surface area contributed by atoms with Gasteiger partial charge in [-0.3, -0.25) is 4.79 Å². The van der Waals surface area contributed by atoms with Crippen LogP contribution in [0.1, 0.15) is 24.2 Å². The van der Waals surface area contributed by atoms with Crippen LogP contribution in [-0.4, -0.2) is 36.1 Å². The van der Waals surface area contributed by atoms with Crippen LogP contribution in [0.3, 0.4) is 0 Å². The first-order valence-electron chi connectivity index (χ1n) is 5.76. The molecule has 1 aliphatic rings. The standard InChI is InChI=1S/C13H16FNO2/c1-9-7-15(8-10(2)17-9)13(16)11-4-3-5-12(14)6-11/h3-6,9-10H,7-8H2,1-2H3/t9-,10+. The Kier molecular flexibility index (Phi) is 3.43. The minimum absolute atomic E-state index is 0.0243. The van der Waals surface area contributed by atoms with Gasteiger partial charge in [-0.25, -0.2) is 4.39 Å². The van der Waals surface area contributed by atoms with Crippen molar-refractivity contribution in [3.63, 3.8) is 0 Å². The van der Waals surface area contributed by atoms with E-state index in [9.17, 15) is 9.18 Å². The molecule has 2 atom stereocenters. The maximum absolute atomic E-state index is 13.1. The number of hydrogen-bond acceptors (Lipinski definition) is 2. The van der Waals surface area contributed by atoms with E-state index in [0.29, 0.717) is 18.7 Å². The van der Waals surface area contributed by atoms with Crippen molar-refractivity contribution < 1.29 is 13.9 Å². The molecule has 1 amide bonds. The number of carbonyl (C=O) groups excluding carboxylic acids is 1. The molecule has 0 aliphatic carbocycles. The van der Waals surface area contributed by atoms with Gasteiger partial charge in [0.1, 0.15) is 5.82 Å². The number of nitrogens with zero attached hydrogens (tertiary/aromatic N) is 1. The van der Waals surface area contributed by atoms with E-state index < -0.39 is 0 Å². The molecule has 17 heavy (non-hydrogen) atoms. The number of morpholine rings is 1. The fraction of sp³-hybridized carbons (Fsp3) is 0.462. The number of ether oxygens (including phenoxy) is 1. The van der Waals surface area contributed by atoms with Gasteiger partial charge in [-0.05, 0) is 32.0 Å². The first kappa shape index (κ1) is 12.0. The predicted octanol–water partition coefficient (Wildman–Crippen LogP) is 2.08. The third-order valence-electron chi connectivity index (χ3n) is 2.78. The van der Waals surface area contributed by atoms with E-state index >= 15 is 0 Å². The largest absolute Gasteiger partial charge is 0.372 e. The number of rotatable bonds is 1. The Hall–Kier alpha value is -1.42. The van der Waals surface area contributed by atoms with Gasteiger partial charge in [0, 0.05) is 18.7 Å². The van der Waals surface area contributed by atoms with Gasteiger partial charge in [-0.1, -0.05) is 6.07 Å². The van der Waals surface area contributed by atoms with Crippen LogP contribution in [0.2, 0.25) is 0 Å². The van der Waals surface area contributed by atoms with Crippen molar-refractivity contribution in [1.82, 2.24) is 4.90 Å². The summed E-state index contributed by atoms with van der Waals surface area (Å²) in [6.07, 6.45) is 0.0486. The molecule has 92 valence electrons. The lowest BCUT2D eigenvalue weighted by Crippen LogP contribution is -2.48. The van der Waals surface area contributed by atoms with Crippen LogP contribution in [0.15, 0.2) is 24.3 Å². The smallest absolute Gasteiger partial charge is 0.254 e. The van der Waals surface area contributed by atoms with Gasteiger partial charge in [-0.15, -0.1) is 0 Å². The summed E-state index contributed by atoms with van der Waals surface area (Å²) in [6.45, 7) is 4.97. The van der Waals surface area contributed by atoms with Crippen molar-refractivity contribution in [2.24, 2.45) is 0 Å². The minimum Gasteiger partial charge on any atom is -0.372 e. The fourth-order valence-corrected chi connectivity index (χ4v) is 2.15. The van der Waals surface area contributed by atoms with E-state index in [1.165, 1.54) is 12.1 Å². The predicted molar refractivity (Wildman–Crippen MR) is 62.3 cm³/mol. The normalized spacial score (nSPS) is 24.8. The van der Waals surface area contributed by atoms with Crippen molar-refractivity contribution >= 4 is 5.91 Å². The molecule has 0 radical (unpaired) electrons.